The Kier molecular flexibility index (Phi) is 4.55. The van der Waals surface area contributed by atoms with Gasteiger partial charge in [0.1, 0.15) is 0 Å². The first kappa shape index (κ1) is 14.3. The number of rotatable bonds is 4. The molecule has 1 aromatic heterocycles. The van der Waals surface area contributed by atoms with Crippen LogP contribution < -0.4 is 10.6 Å². The van der Waals surface area contributed by atoms with Crippen molar-refractivity contribution in [2.24, 2.45) is 5.73 Å². The van der Waals surface area contributed by atoms with Crippen molar-refractivity contribution in [2.45, 2.75) is 38.0 Å². The lowest BCUT2D eigenvalue weighted by Gasteiger charge is -2.40. The van der Waals surface area contributed by atoms with E-state index in [1.165, 1.54) is 6.42 Å². The average molecular weight is 296 g/mol. The largest absolute Gasteiger partial charge is 0.374 e. The summed E-state index contributed by atoms with van der Waals surface area (Å²) in [7, 11) is 0. The Bertz CT molecular complexity index is 405. The van der Waals surface area contributed by atoms with Gasteiger partial charge in [-0.05, 0) is 19.8 Å². The Balaban J connectivity index is 1.56. The van der Waals surface area contributed by atoms with Crippen molar-refractivity contribution in [1.29, 1.82) is 0 Å². The van der Waals surface area contributed by atoms with E-state index >= 15 is 0 Å². The Morgan fingerprint density at radius 1 is 1.40 bits per heavy atom. The van der Waals surface area contributed by atoms with Gasteiger partial charge in [0.2, 0.25) is 0 Å². The number of hydrogen-bond donors (Lipinski definition) is 1. The number of hydrogen-bond acceptors (Lipinski definition) is 6. The summed E-state index contributed by atoms with van der Waals surface area (Å²) in [5.41, 5.74) is 6.01. The number of thiazole rings is 1. The van der Waals surface area contributed by atoms with Crippen molar-refractivity contribution in [3.8, 4) is 0 Å². The van der Waals surface area contributed by atoms with Crippen LogP contribution in [0.4, 0.5) is 5.13 Å². The standard InChI is InChI=1S/C14H24N4OS/c1-11-2-3-13(19-11)12(10-15)17-5-7-18(8-6-17)14-16-4-9-20-14/h4,9,11-13H,2-3,5-8,10,15H2,1H3. The molecule has 3 atom stereocenters. The molecule has 2 fully saturated rings. The van der Waals surface area contributed by atoms with Crippen molar-refractivity contribution >= 4 is 16.5 Å². The van der Waals surface area contributed by atoms with Gasteiger partial charge in [-0.25, -0.2) is 4.98 Å². The number of nitrogens with zero attached hydrogens (tertiary/aromatic N) is 3. The van der Waals surface area contributed by atoms with Crippen LogP contribution in [-0.4, -0.2) is 60.9 Å². The van der Waals surface area contributed by atoms with E-state index in [-0.39, 0.29) is 0 Å². The first-order chi connectivity index (χ1) is 9.78. The van der Waals surface area contributed by atoms with Crippen LogP contribution in [-0.2, 0) is 4.74 Å². The minimum Gasteiger partial charge on any atom is -0.374 e. The zero-order valence-corrected chi connectivity index (χ0v) is 12.9. The van der Waals surface area contributed by atoms with E-state index in [2.05, 4.69) is 21.7 Å². The van der Waals surface area contributed by atoms with E-state index in [0.717, 1.165) is 37.7 Å². The smallest absolute Gasteiger partial charge is 0.185 e. The van der Waals surface area contributed by atoms with E-state index in [9.17, 15) is 0 Å². The zero-order valence-electron chi connectivity index (χ0n) is 12.1. The van der Waals surface area contributed by atoms with Gasteiger partial charge in [-0.2, -0.15) is 0 Å². The van der Waals surface area contributed by atoms with Gasteiger partial charge in [-0.1, -0.05) is 0 Å². The van der Waals surface area contributed by atoms with Gasteiger partial charge in [-0.15, -0.1) is 11.3 Å². The molecular formula is C14H24N4OS. The highest BCUT2D eigenvalue weighted by Crippen LogP contribution is 2.26. The first-order valence-corrected chi connectivity index (χ1v) is 8.40. The molecule has 1 aromatic rings. The maximum atomic E-state index is 6.02. The van der Waals surface area contributed by atoms with Crippen molar-refractivity contribution < 1.29 is 4.74 Å². The second-order valence-electron chi connectivity index (χ2n) is 5.70. The lowest BCUT2D eigenvalue weighted by Crippen LogP contribution is -2.56. The normalized spacial score (nSPS) is 29.8. The predicted molar refractivity (Wildman–Crippen MR) is 82.3 cm³/mol. The summed E-state index contributed by atoms with van der Waals surface area (Å²) in [5, 5.41) is 3.18. The van der Waals surface area contributed by atoms with Gasteiger partial charge in [0, 0.05) is 50.3 Å². The highest BCUT2D eigenvalue weighted by atomic mass is 32.1. The minimum atomic E-state index is 0.321. The van der Waals surface area contributed by atoms with Gasteiger partial charge < -0.3 is 15.4 Å². The van der Waals surface area contributed by atoms with E-state index < -0.39 is 0 Å². The van der Waals surface area contributed by atoms with Gasteiger partial charge in [0.15, 0.2) is 5.13 Å². The van der Waals surface area contributed by atoms with Gasteiger partial charge in [-0.3, -0.25) is 4.90 Å². The predicted octanol–water partition coefficient (Wildman–Crippen LogP) is 1.16. The summed E-state index contributed by atoms with van der Waals surface area (Å²) < 4.78 is 6.02. The van der Waals surface area contributed by atoms with Crippen LogP contribution in [0.3, 0.4) is 0 Å². The highest BCUT2D eigenvalue weighted by Gasteiger charge is 2.34. The number of aromatic nitrogens is 1. The molecule has 6 heteroatoms. The summed E-state index contributed by atoms with van der Waals surface area (Å²) in [6.45, 7) is 7.02. The van der Waals surface area contributed by atoms with Crippen molar-refractivity contribution in [3.05, 3.63) is 11.6 Å². The summed E-state index contributed by atoms with van der Waals surface area (Å²) in [5.74, 6) is 0. The summed E-state index contributed by atoms with van der Waals surface area (Å²) in [6, 6.07) is 0.374. The molecule has 112 valence electrons. The summed E-state index contributed by atoms with van der Waals surface area (Å²) in [4.78, 5) is 9.27. The van der Waals surface area contributed by atoms with Crippen molar-refractivity contribution in [2.75, 3.05) is 37.6 Å². The first-order valence-electron chi connectivity index (χ1n) is 7.52. The van der Waals surface area contributed by atoms with Crippen LogP contribution in [0.15, 0.2) is 11.6 Å². The van der Waals surface area contributed by atoms with Crippen LogP contribution in [0, 0.1) is 0 Å². The van der Waals surface area contributed by atoms with Crippen molar-refractivity contribution in [1.82, 2.24) is 9.88 Å². The number of ether oxygens (including phenoxy) is 1. The van der Waals surface area contributed by atoms with Crippen LogP contribution in [0.25, 0.3) is 0 Å². The fraction of sp³-hybridized carbons (Fsp3) is 0.786. The molecule has 3 rings (SSSR count). The quantitative estimate of drug-likeness (QED) is 0.903. The molecule has 0 aromatic carbocycles. The molecule has 2 saturated heterocycles. The molecule has 5 nitrogen and oxygen atoms in total. The molecule has 0 spiro atoms. The van der Waals surface area contributed by atoms with E-state index in [1.807, 2.05) is 11.6 Å². The molecule has 0 radical (unpaired) electrons. The fourth-order valence-electron chi connectivity index (χ4n) is 3.27. The lowest BCUT2D eigenvalue weighted by molar-refractivity contribution is -0.00575. The highest BCUT2D eigenvalue weighted by molar-refractivity contribution is 7.13. The van der Waals surface area contributed by atoms with Gasteiger partial charge in [0.05, 0.1) is 12.2 Å². The van der Waals surface area contributed by atoms with Crippen LogP contribution in [0.5, 0.6) is 0 Å². The second-order valence-corrected chi connectivity index (χ2v) is 6.58. The SMILES string of the molecule is CC1CCC(C(CN)N2CCN(c3nccs3)CC2)O1. The third-order valence-corrected chi connectivity index (χ3v) is 5.24. The third-order valence-electron chi connectivity index (χ3n) is 4.41. The second kappa shape index (κ2) is 6.39. The molecule has 0 saturated carbocycles. The molecule has 2 aliphatic heterocycles. The average Bonchev–Trinajstić information content (AvgIpc) is 3.12. The maximum Gasteiger partial charge on any atom is 0.185 e. The molecule has 0 bridgehead atoms. The molecular weight excluding hydrogens is 272 g/mol. The Morgan fingerprint density at radius 3 is 2.75 bits per heavy atom. The third kappa shape index (κ3) is 2.98. The number of nitrogens with two attached hydrogens (primary N) is 1. The number of piperazine rings is 1. The van der Waals surface area contributed by atoms with Gasteiger partial charge in [0.25, 0.3) is 0 Å². The summed E-state index contributed by atoms with van der Waals surface area (Å²) in [6.07, 6.45) is 4.91. The lowest BCUT2D eigenvalue weighted by atomic mass is 10.0. The van der Waals surface area contributed by atoms with Crippen molar-refractivity contribution in [3.63, 3.8) is 0 Å². The fourth-order valence-corrected chi connectivity index (χ4v) is 3.97. The molecule has 3 heterocycles. The molecule has 20 heavy (non-hydrogen) atoms. The molecule has 3 unspecified atom stereocenters. The molecule has 2 N–H and O–H groups in total. The van der Waals surface area contributed by atoms with Crippen LogP contribution in [0.2, 0.25) is 0 Å². The Hall–Kier alpha value is -0.690. The zero-order chi connectivity index (χ0) is 13.9. The van der Waals surface area contributed by atoms with Crippen LogP contribution in [0.1, 0.15) is 19.8 Å². The topological polar surface area (TPSA) is 54.6 Å². The van der Waals surface area contributed by atoms with E-state index in [1.54, 1.807) is 11.3 Å². The Morgan fingerprint density at radius 2 is 2.20 bits per heavy atom. The molecule has 2 aliphatic rings. The number of anilines is 1. The Labute approximate surface area is 124 Å². The van der Waals surface area contributed by atoms with E-state index in [4.69, 9.17) is 10.5 Å². The molecule has 0 amide bonds. The molecule has 0 aliphatic carbocycles. The monoisotopic (exact) mass is 296 g/mol. The van der Waals surface area contributed by atoms with E-state index in [0.29, 0.717) is 24.8 Å². The maximum absolute atomic E-state index is 6.02. The van der Waals surface area contributed by atoms with Crippen LogP contribution >= 0.6 is 11.3 Å². The minimum absolute atomic E-state index is 0.321. The summed E-state index contributed by atoms with van der Waals surface area (Å²) >= 11 is 1.72. The van der Waals surface area contributed by atoms with Gasteiger partial charge >= 0.3 is 0 Å².